The molecular formula is C23H22F3N3O3S. The number of nitrogens with zero attached hydrogens (tertiary/aromatic N) is 1. The van der Waals surface area contributed by atoms with Crippen LogP contribution in [0, 0.1) is 6.92 Å². The highest BCUT2D eigenvalue weighted by Crippen LogP contribution is 2.42. The molecule has 3 rings (SSSR count). The summed E-state index contributed by atoms with van der Waals surface area (Å²) >= 11 is 0.645. The van der Waals surface area contributed by atoms with E-state index in [1.165, 1.54) is 12.3 Å². The molecule has 0 radical (unpaired) electrons. The molecule has 0 spiro atoms. The first-order valence-electron chi connectivity index (χ1n) is 9.97. The van der Waals surface area contributed by atoms with Gasteiger partial charge >= 0.3 is 6.18 Å². The summed E-state index contributed by atoms with van der Waals surface area (Å²) in [4.78, 5) is 28.5. The largest absolute Gasteiger partial charge is 0.424 e. The molecule has 0 saturated heterocycles. The third-order valence-electron chi connectivity index (χ3n) is 4.92. The maximum absolute atomic E-state index is 13.6. The maximum Gasteiger partial charge on any atom is 0.424 e. The summed E-state index contributed by atoms with van der Waals surface area (Å²) < 4.78 is 40.9. The van der Waals surface area contributed by atoms with Crippen LogP contribution in [0.25, 0.3) is 0 Å². The Morgan fingerprint density at radius 2 is 1.82 bits per heavy atom. The molecule has 0 saturated carbocycles. The van der Waals surface area contributed by atoms with Gasteiger partial charge in [0.2, 0.25) is 11.5 Å². The van der Waals surface area contributed by atoms with Gasteiger partial charge in [0.25, 0.3) is 5.91 Å². The lowest BCUT2D eigenvalue weighted by atomic mass is 9.98. The van der Waals surface area contributed by atoms with E-state index in [2.05, 4.69) is 15.6 Å². The number of rotatable bonds is 7. The molecule has 174 valence electrons. The molecule has 0 aliphatic heterocycles. The lowest BCUT2D eigenvalue weighted by molar-refractivity contribution is -0.267. The molecule has 2 atom stereocenters. The van der Waals surface area contributed by atoms with Gasteiger partial charge in [-0.05, 0) is 43.7 Å². The van der Waals surface area contributed by atoms with E-state index in [1.54, 1.807) is 61.5 Å². The van der Waals surface area contributed by atoms with Crippen molar-refractivity contribution in [3.63, 3.8) is 0 Å². The average molecular weight is 478 g/mol. The Labute approximate surface area is 192 Å². The number of carbonyl (C=O) groups excluding carboxylic acids is 2. The van der Waals surface area contributed by atoms with Gasteiger partial charge in [-0.2, -0.15) is 13.2 Å². The highest BCUT2D eigenvalue weighted by atomic mass is 32.1. The Balaban J connectivity index is 1.70. The zero-order valence-electron chi connectivity index (χ0n) is 17.8. The number of benzene rings is 2. The van der Waals surface area contributed by atoms with Crippen molar-refractivity contribution in [1.82, 2.24) is 10.3 Å². The van der Waals surface area contributed by atoms with Crippen molar-refractivity contribution >= 4 is 28.8 Å². The lowest BCUT2D eigenvalue weighted by Gasteiger charge is -2.28. The molecule has 6 nitrogen and oxygen atoms in total. The van der Waals surface area contributed by atoms with Crippen molar-refractivity contribution < 1.29 is 27.9 Å². The molecule has 0 aliphatic rings. The van der Waals surface area contributed by atoms with E-state index in [0.717, 1.165) is 0 Å². The first-order chi connectivity index (χ1) is 15.5. The van der Waals surface area contributed by atoms with Gasteiger partial charge in [0.1, 0.15) is 5.01 Å². The van der Waals surface area contributed by atoms with Crippen molar-refractivity contribution in [3.8, 4) is 0 Å². The molecular weight excluding hydrogens is 455 g/mol. The molecule has 0 fully saturated rings. The summed E-state index contributed by atoms with van der Waals surface area (Å²) in [6.07, 6.45) is -6.31. The molecule has 33 heavy (non-hydrogen) atoms. The SMILES string of the molecule is Cc1csc(C(O)(CC(=O)NC(C)c2cccc(NC(=O)c3ccccc3)c2)C(F)(F)F)n1. The number of amides is 2. The third kappa shape index (κ3) is 5.77. The van der Waals surface area contributed by atoms with Gasteiger partial charge < -0.3 is 15.7 Å². The second-order valence-corrected chi connectivity index (χ2v) is 8.42. The summed E-state index contributed by atoms with van der Waals surface area (Å²) in [5, 5.41) is 16.4. The van der Waals surface area contributed by atoms with E-state index in [1.807, 2.05) is 0 Å². The van der Waals surface area contributed by atoms with Crippen molar-refractivity contribution in [2.45, 2.75) is 38.1 Å². The molecule has 3 aromatic rings. The normalized spacial score (nSPS) is 14.2. The highest BCUT2D eigenvalue weighted by molar-refractivity contribution is 7.09. The molecule has 0 bridgehead atoms. The van der Waals surface area contributed by atoms with E-state index in [0.29, 0.717) is 33.8 Å². The quantitative estimate of drug-likeness (QED) is 0.459. The number of aromatic nitrogens is 1. The Hall–Kier alpha value is -3.24. The Morgan fingerprint density at radius 3 is 2.42 bits per heavy atom. The fourth-order valence-electron chi connectivity index (χ4n) is 3.13. The van der Waals surface area contributed by atoms with Crippen molar-refractivity contribution in [1.29, 1.82) is 0 Å². The molecule has 0 aliphatic carbocycles. The summed E-state index contributed by atoms with van der Waals surface area (Å²) in [7, 11) is 0. The minimum absolute atomic E-state index is 0.320. The van der Waals surface area contributed by atoms with Gasteiger partial charge in [0.05, 0.1) is 12.5 Å². The van der Waals surface area contributed by atoms with Gasteiger partial charge in [-0.1, -0.05) is 30.3 Å². The molecule has 2 aromatic carbocycles. The standard InChI is InChI=1S/C23H22F3N3O3S/c1-14-13-33-21(27-14)22(32,23(24,25)26)12-19(30)28-15(2)17-9-6-10-18(11-17)29-20(31)16-7-4-3-5-8-16/h3-11,13,15,32H,12H2,1-2H3,(H,28,30)(H,29,31). The minimum atomic E-state index is -5.08. The van der Waals surface area contributed by atoms with Gasteiger partial charge in [-0.3, -0.25) is 9.59 Å². The third-order valence-corrected chi connectivity index (χ3v) is 6.03. The number of carbonyl (C=O) groups is 2. The summed E-state index contributed by atoms with van der Waals surface area (Å²) in [5.74, 6) is -1.31. The number of halogens is 3. The van der Waals surface area contributed by atoms with Crippen LogP contribution in [0.3, 0.4) is 0 Å². The van der Waals surface area contributed by atoms with Gasteiger partial charge in [0, 0.05) is 22.3 Å². The van der Waals surface area contributed by atoms with E-state index >= 15 is 0 Å². The predicted octanol–water partition coefficient (Wildman–Crippen LogP) is 4.72. The van der Waals surface area contributed by atoms with Crippen LogP contribution in [0.1, 0.15) is 46.0 Å². The zero-order chi connectivity index (χ0) is 24.2. The van der Waals surface area contributed by atoms with Crippen LogP contribution in [0.2, 0.25) is 0 Å². The van der Waals surface area contributed by atoms with Crippen LogP contribution in [0.5, 0.6) is 0 Å². The second kappa shape index (κ2) is 9.72. The van der Waals surface area contributed by atoms with Crippen molar-refractivity contribution in [2.24, 2.45) is 0 Å². The van der Waals surface area contributed by atoms with E-state index in [-0.39, 0.29) is 5.91 Å². The number of anilines is 1. The Morgan fingerprint density at radius 1 is 1.12 bits per heavy atom. The minimum Gasteiger partial charge on any atom is -0.374 e. The highest BCUT2D eigenvalue weighted by Gasteiger charge is 2.58. The van der Waals surface area contributed by atoms with Crippen LogP contribution in [-0.2, 0) is 10.4 Å². The van der Waals surface area contributed by atoms with Crippen LogP contribution in [0.15, 0.2) is 60.0 Å². The second-order valence-electron chi connectivity index (χ2n) is 7.56. The Bertz CT molecular complexity index is 1130. The van der Waals surface area contributed by atoms with Crippen molar-refractivity contribution in [2.75, 3.05) is 5.32 Å². The molecule has 1 heterocycles. The van der Waals surface area contributed by atoms with Crippen LogP contribution >= 0.6 is 11.3 Å². The number of aryl methyl sites for hydroxylation is 1. The maximum atomic E-state index is 13.6. The topological polar surface area (TPSA) is 91.3 Å². The summed E-state index contributed by atoms with van der Waals surface area (Å²) in [6.45, 7) is 3.10. The zero-order valence-corrected chi connectivity index (χ0v) is 18.6. The molecule has 10 heteroatoms. The fraction of sp³-hybridized carbons (Fsp3) is 0.261. The van der Waals surface area contributed by atoms with E-state index in [4.69, 9.17) is 0 Å². The summed E-state index contributed by atoms with van der Waals surface area (Å²) in [6, 6.07) is 14.5. The van der Waals surface area contributed by atoms with Crippen molar-refractivity contribution in [3.05, 3.63) is 81.8 Å². The van der Waals surface area contributed by atoms with Crippen LogP contribution in [0.4, 0.5) is 18.9 Å². The fourth-order valence-corrected chi connectivity index (χ4v) is 4.04. The van der Waals surface area contributed by atoms with Gasteiger partial charge in [-0.15, -0.1) is 11.3 Å². The number of hydrogen-bond donors (Lipinski definition) is 3. The number of alkyl halides is 3. The summed E-state index contributed by atoms with van der Waals surface area (Å²) in [5.41, 5.74) is -1.57. The lowest BCUT2D eigenvalue weighted by Crippen LogP contribution is -2.46. The number of aliphatic hydroxyl groups is 1. The first kappa shape index (κ1) is 24.4. The van der Waals surface area contributed by atoms with Crippen LogP contribution < -0.4 is 10.6 Å². The Kier molecular flexibility index (Phi) is 7.19. The average Bonchev–Trinajstić information content (AvgIpc) is 3.20. The number of nitrogens with one attached hydrogen (secondary N) is 2. The van der Waals surface area contributed by atoms with Gasteiger partial charge in [0.15, 0.2) is 0 Å². The molecule has 2 amide bonds. The van der Waals surface area contributed by atoms with E-state index in [9.17, 15) is 27.9 Å². The molecule has 3 N–H and O–H groups in total. The number of hydrogen-bond acceptors (Lipinski definition) is 5. The van der Waals surface area contributed by atoms with Gasteiger partial charge in [-0.25, -0.2) is 4.98 Å². The first-order valence-corrected chi connectivity index (χ1v) is 10.8. The molecule has 2 unspecified atom stereocenters. The monoisotopic (exact) mass is 477 g/mol. The predicted molar refractivity (Wildman–Crippen MR) is 119 cm³/mol. The smallest absolute Gasteiger partial charge is 0.374 e. The molecule has 1 aromatic heterocycles. The van der Waals surface area contributed by atoms with E-state index < -0.39 is 35.2 Å². The van der Waals surface area contributed by atoms with Crippen LogP contribution in [-0.4, -0.2) is 28.1 Å². The number of thiazole rings is 1.